The lowest BCUT2D eigenvalue weighted by Crippen LogP contribution is -2.46. The molecule has 0 aromatic carbocycles. The molecule has 4 amide bonds. The molecule has 1 saturated heterocycles. The molecule has 1 aliphatic carbocycles. The number of imide groups is 1. The predicted octanol–water partition coefficient (Wildman–Crippen LogP) is 1.91. The van der Waals surface area contributed by atoms with Gasteiger partial charge in [0, 0.05) is 19.1 Å². The van der Waals surface area contributed by atoms with Crippen LogP contribution < -0.4 is 10.6 Å². The standard InChI is InChI=1S/C19H25N3O5S/c23-16(21-19(26)20-14-6-1-2-7-14)12-27-18(25)13-5-3-9-22(11-13)17(24)15-8-4-10-28-15/h4,8,10,13-14H,1-3,5-7,9,11-12H2,(H2,20,21,23,26). The molecule has 0 radical (unpaired) electrons. The van der Waals surface area contributed by atoms with Crippen LogP contribution in [0.5, 0.6) is 0 Å². The molecule has 28 heavy (non-hydrogen) atoms. The number of nitrogens with one attached hydrogen (secondary N) is 2. The number of ether oxygens (including phenoxy) is 1. The van der Waals surface area contributed by atoms with E-state index < -0.39 is 30.4 Å². The third-order valence-electron chi connectivity index (χ3n) is 5.06. The van der Waals surface area contributed by atoms with E-state index in [0.717, 1.165) is 25.7 Å². The number of esters is 1. The molecule has 2 aliphatic rings. The van der Waals surface area contributed by atoms with E-state index in [1.165, 1.54) is 11.3 Å². The number of urea groups is 1. The first-order valence-electron chi connectivity index (χ1n) is 9.62. The van der Waals surface area contributed by atoms with Crippen LogP contribution in [0.3, 0.4) is 0 Å². The fourth-order valence-electron chi connectivity index (χ4n) is 3.62. The Hall–Kier alpha value is -2.42. The minimum Gasteiger partial charge on any atom is -0.455 e. The number of carbonyl (C=O) groups is 4. The van der Waals surface area contributed by atoms with Crippen LogP contribution in [0.4, 0.5) is 4.79 Å². The number of carbonyl (C=O) groups excluding carboxylic acids is 4. The summed E-state index contributed by atoms with van der Waals surface area (Å²) in [4.78, 5) is 50.6. The van der Waals surface area contributed by atoms with Gasteiger partial charge in [-0.15, -0.1) is 11.3 Å². The second-order valence-electron chi connectivity index (χ2n) is 7.18. The highest BCUT2D eigenvalue weighted by Crippen LogP contribution is 2.21. The van der Waals surface area contributed by atoms with Gasteiger partial charge in [-0.1, -0.05) is 18.9 Å². The van der Waals surface area contributed by atoms with Crippen LogP contribution >= 0.6 is 11.3 Å². The van der Waals surface area contributed by atoms with Gasteiger partial charge in [-0.25, -0.2) is 4.79 Å². The van der Waals surface area contributed by atoms with Crippen molar-refractivity contribution in [3.05, 3.63) is 22.4 Å². The Morgan fingerprint density at radius 1 is 1.14 bits per heavy atom. The summed E-state index contributed by atoms with van der Waals surface area (Å²) < 4.78 is 5.07. The van der Waals surface area contributed by atoms with Crippen molar-refractivity contribution in [2.24, 2.45) is 5.92 Å². The van der Waals surface area contributed by atoms with E-state index in [0.29, 0.717) is 24.3 Å². The Kier molecular flexibility index (Phi) is 7.02. The molecule has 2 fully saturated rings. The van der Waals surface area contributed by atoms with E-state index in [1.807, 2.05) is 11.4 Å². The van der Waals surface area contributed by atoms with E-state index in [4.69, 9.17) is 4.74 Å². The van der Waals surface area contributed by atoms with Crippen molar-refractivity contribution in [3.8, 4) is 0 Å². The molecule has 1 aliphatic heterocycles. The van der Waals surface area contributed by atoms with Crippen molar-refractivity contribution in [3.63, 3.8) is 0 Å². The maximum Gasteiger partial charge on any atom is 0.321 e. The molecule has 1 atom stereocenters. The summed E-state index contributed by atoms with van der Waals surface area (Å²) in [6.07, 6.45) is 5.29. The second kappa shape index (κ2) is 9.68. The van der Waals surface area contributed by atoms with Crippen molar-refractivity contribution < 1.29 is 23.9 Å². The zero-order valence-corrected chi connectivity index (χ0v) is 16.5. The quantitative estimate of drug-likeness (QED) is 0.726. The van der Waals surface area contributed by atoms with Gasteiger partial charge in [-0.05, 0) is 37.1 Å². The Morgan fingerprint density at radius 3 is 2.64 bits per heavy atom. The SMILES string of the molecule is O=C(COC(=O)C1CCCN(C(=O)c2cccs2)C1)NC(=O)NC1CCCC1. The Bertz CT molecular complexity index is 715. The highest BCUT2D eigenvalue weighted by atomic mass is 32.1. The first-order chi connectivity index (χ1) is 13.5. The van der Waals surface area contributed by atoms with Gasteiger partial charge >= 0.3 is 12.0 Å². The molecular weight excluding hydrogens is 382 g/mol. The van der Waals surface area contributed by atoms with Gasteiger partial charge in [-0.3, -0.25) is 19.7 Å². The number of hydrogen-bond acceptors (Lipinski definition) is 6. The molecule has 1 unspecified atom stereocenters. The molecule has 8 nitrogen and oxygen atoms in total. The lowest BCUT2D eigenvalue weighted by atomic mass is 9.98. The molecule has 152 valence electrons. The topological polar surface area (TPSA) is 105 Å². The van der Waals surface area contributed by atoms with Crippen LogP contribution in [0, 0.1) is 5.92 Å². The maximum absolute atomic E-state index is 12.4. The third-order valence-corrected chi connectivity index (χ3v) is 5.92. The number of piperidine rings is 1. The monoisotopic (exact) mass is 407 g/mol. The minimum absolute atomic E-state index is 0.0890. The first-order valence-corrected chi connectivity index (χ1v) is 10.5. The maximum atomic E-state index is 12.4. The summed E-state index contributed by atoms with van der Waals surface area (Å²) in [5.41, 5.74) is 0. The lowest BCUT2D eigenvalue weighted by Gasteiger charge is -2.31. The second-order valence-corrected chi connectivity index (χ2v) is 8.13. The summed E-state index contributed by atoms with van der Waals surface area (Å²) in [7, 11) is 0. The first kappa shape index (κ1) is 20.3. The van der Waals surface area contributed by atoms with Crippen molar-refractivity contribution in [1.29, 1.82) is 0 Å². The zero-order valence-electron chi connectivity index (χ0n) is 15.6. The number of likely N-dealkylation sites (tertiary alicyclic amines) is 1. The van der Waals surface area contributed by atoms with Gasteiger partial charge in [0.25, 0.3) is 11.8 Å². The van der Waals surface area contributed by atoms with E-state index in [9.17, 15) is 19.2 Å². The Labute approximate surface area is 167 Å². The average molecular weight is 407 g/mol. The molecule has 3 rings (SSSR count). The Morgan fingerprint density at radius 2 is 1.93 bits per heavy atom. The number of nitrogens with zero attached hydrogens (tertiary/aromatic N) is 1. The molecule has 1 saturated carbocycles. The molecule has 9 heteroatoms. The summed E-state index contributed by atoms with van der Waals surface area (Å²) in [5.74, 6) is -1.73. The van der Waals surface area contributed by atoms with E-state index in [-0.39, 0.29) is 18.5 Å². The van der Waals surface area contributed by atoms with Crippen molar-refractivity contribution in [1.82, 2.24) is 15.5 Å². The van der Waals surface area contributed by atoms with Gasteiger partial charge in [0.2, 0.25) is 0 Å². The number of rotatable bonds is 5. The molecule has 1 aromatic rings. The van der Waals surface area contributed by atoms with E-state index in [1.54, 1.807) is 11.0 Å². The molecule has 1 aromatic heterocycles. The van der Waals surface area contributed by atoms with Crippen LogP contribution in [0.15, 0.2) is 17.5 Å². The molecular formula is C19H25N3O5S. The average Bonchev–Trinajstić information content (AvgIpc) is 3.39. The summed E-state index contributed by atoms with van der Waals surface area (Å²) in [6, 6.07) is 3.12. The van der Waals surface area contributed by atoms with E-state index >= 15 is 0 Å². The van der Waals surface area contributed by atoms with Gasteiger partial charge in [0.1, 0.15) is 0 Å². The predicted molar refractivity (Wildman–Crippen MR) is 103 cm³/mol. The van der Waals surface area contributed by atoms with Crippen molar-refractivity contribution in [2.75, 3.05) is 19.7 Å². The van der Waals surface area contributed by atoms with Crippen LogP contribution in [0.2, 0.25) is 0 Å². The molecule has 2 heterocycles. The highest BCUT2D eigenvalue weighted by molar-refractivity contribution is 7.12. The van der Waals surface area contributed by atoms with Crippen LogP contribution in [0.1, 0.15) is 48.2 Å². The van der Waals surface area contributed by atoms with Crippen molar-refractivity contribution in [2.45, 2.75) is 44.6 Å². The normalized spacial score (nSPS) is 19.9. The van der Waals surface area contributed by atoms with Crippen LogP contribution in [-0.4, -0.2) is 54.5 Å². The fourth-order valence-corrected chi connectivity index (χ4v) is 4.31. The largest absolute Gasteiger partial charge is 0.455 e. The van der Waals surface area contributed by atoms with Gasteiger partial charge in [-0.2, -0.15) is 0 Å². The molecule has 2 N–H and O–H groups in total. The molecule has 0 bridgehead atoms. The number of hydrogen-bond donors (Lipinski definition) is 2. The smallest absolute Gasteiger partial charge is 0.321 e. The van der Waals surface area contributed by atoms with Gasteiger partial charge in [0.05, 0.1) is 10.8 Å². The minimum atomic E-state index is -0.661. The van der Waals surface area contributed by atoms with Crippen LogP contribution in [-0.2, 0) is 14.3 Å². The lowest BCUT2D eigenvalue weighted by molar-refractivity contribution is -0.153. The third kappa shape index (κ3) is 5.54. The number of amides is 4. The zero-order chi connectivity index (χ0) is 19.9. The van der Waals surface area contributed by atoms with Gasteiger partial charge in [0.15, 0.2) is 6.61 Å². The highest BCUT2D eigenvalue weighted by Gasteiger charge is 2.30. The number of thiophene rings is 1. The molecule has 0 spiro atoms. The van der Waals surface area contributed by atoms with Crippen molar-refractivity contribution >= 4 is 35.2 Å². The van der Waals surface area contributed by atoms with Gasteiger partial charge < -0.3 is 15.0 Å². The van der Waals surface area contributed by atoms with Crippen LogP contribution in [0.25, 0.3) is 0 Å². The summed E-state index contributed by atoms with van der Waals surface area (Å²) in [6.45, 7) is 0.369. The summed E-state index contributed by atoms with van der Waals surface area (Å²) >= 11 is 1.37. The van der Waals surface area contributed by atoms with E-state index in [2.05, 4.69) is 10.6 Å². The fraction of sp³-hybridized carbons (Fsp3) is 0.579. The Balaban J connectivity index is 1.40. The summed E-state index contributed by atoms with van der Waals surface area (Å²) in [5, 5.41) is 6.76.